The van der Waals surface area contributed by atoms with Crippen LogP contribution in [0.4, 0.5) is 4.39 Å². The molecule has 0 unspecified atom stereocenters. The lowest BCUT2D eigenvalue weighted by Crippen LogP contribution is -2.47. The van der Waals surface area contributed by atoms with E-state index >= 15 is 0 Å². The van der Waals surface area contributed by atoms with Crippen molar-refractivity contribution in [2.24, 2.45) is 0 Å². The first kappa shape index (κ1) is 18.8. The normalized spacial score (nSPS) is 18.3. The van der Waals surface area contributed by atoms with Gasteiger partial charge < -0.3 is 9.64 Å². The first-order chi connectivity index (χ1) is 12.3. The molecule has 0 aliphatic carbocycles. The fourth-order valence-corrected chi connectivity index (χ4v) is 4.81. The maximum absolute atomic E-state index is 14.2. The van der Waals surface area contributed by atoms with E-state index in [4.69, 9.17) is 4.74 Å². The molecule has 26 heavy (non-hydrogen) atoms. The Bertz CT molecular complexity index is 899. The third-order valence-electron chi connectivity index (χ3n) is 4.38. The average molecular weight is 378 g/mol. The van der Waals surface area contributed by atoms with E-state index < -0.39 is 21.9 Å². The molecular weight excluding hydrogens is 355 g/mol. The number of ether oxygens (including phenoxy) is 1. The summed E-state index contributed by atoms with van der Waals surface area (Å²) in [5.41, 5.74) is 1.80. The lowest BCUT2D eigenvalue weighted by atomic mass is 10.1. The fraction of sp³-hybridized carbons (Fsp3) is 0.368. The Morgan fingerprint density at radius 3 is 2.65 bits per heavy atom. The molecule has 0 fully saturated rings. The summed E-state index contributed by atoms with van der Waals surface area (Å²) in [6, 6.07) is 10.8. The van der Waals surface area contributed by atoms with Gasteiger partial charge in [-0.3, -0.25) is 0 Å². The lowest BCUT2D eigenvalue weighted by Gasteiger charge is -2.30. The van der Waals surface area contributed by atoms with E-state index in [1.165, 1.54) is 28.6 Å². The van der Waals surface area contributed by atoms with Crippen molar-refractivity contribution in [1.29, 1.82) is 0 Å². The van der Waals surface area contributed by atoms with Crippen molar-refractivity contribution in [2.45, 2.75) is 24.4 Å². The summed E-state index contributed by atoms with van der Waals surface area (Å²) in [5, 5.41) is 0. The zero-order valence-electron chi connectivity index (χ0n) is 15.1. The Labute approximate surface area is 154 Å². The van der Waals surface area contributed by atoms with Gasteiger partial charge in [0.05, 0.1) is 6.04 Å². The van der Waals surface area contributed by atoms with Crippen molar-refractivity contribution in [3.05, 3.63) is 59.4 Å². The van der Waals surface area contributed by atoms with E-state index in [1.54, 1.807) is 0 Å². The second-order valence-corrected chi connectivity index (χ2v) is 8.68. The molecule has 0 N–H and O–H groups in total. The highest BCUT2D eigenvalue weighted by Gasteiger charge is 2.36. The molecule has 1 atom stereocenters. The molecule has 0 saturated carbocycles. The number of hydrogen-bond donors (Lipinski definition) is 0. The zero-order valence-corrected chi connectivity index (χ0v) is 16.0. The highest BCUT2D eigenvalue weighted by atomic mass is 32.2. The predicted molar refractivity (Wildman–Crippen MR) is 98.1 cm³/mol. The minimum atomic E-state index is -4.01. The molecule has 7 heteroatoms. The Morgan fingerprint density at radius 1 is 1.23 bits per heavy atom. The summed E-state index contributed by atoms with van der Waals surface area (Å²) >= 11 is 0. The molecule has 2 aromatic carbocycles. The molecule has 0 aromatic heterocycles. The monoisotopic (exact) mass is 378 g/mol. The molecule has 1 aliphatic rings. The standard InChI is InChI=1S/C19H23FN2O3S/c1-14-8-9-18-15(10-14)11-22(16(13-25-18)12-21(2)3)26(23,24)19-7-5-4-6-17(19)20/h4-10,16H,11-13H2,1-3H3/t16-/m1/s1. The number of benzene rings is 2. The molecule has 1 heterocycles. The van der Waals surface area contributed by atoms with E-state index in [9.17, 15) is 12.8 Å². The van der Waals surface area contributed by atoms with Gasteiger partial charge in [-0.05, 0) is 39.2 Å². The summed E-state index contributed by atoms with van der Waals surface area (Å²) in [6.07, 6.45) is 0. The summed E-state index contributed by atoms with van der Waals surface area (Å²) in [4.78, 5) is 1.60. The lowest BCUT2D eigenvalue weighted by molar-refractivity contribution is 0.184. The van der Waals surface area contributed by atoms with E-state index in [-0.39, 0.29) is 18.0 Å². The van der Waals surface area contributed by atoms with E-state index in [0.717, 1.165) is 11.1 Å². The van der Waals surface area contributed by atoms with Gasteiger partial charge in [-0.25, -0.2) is 12.8 Å². The van der Waals surface area contributed by atoms with Crippen LogP contribution >= 0.6 is 0 Å². The molecule has 140 valence electrons. The van der Waals surface area contributed by atoms with Gasteiger partial charge in [-0.2, -0.15) is 4.31 Å². The largest absolute Gasteiger partial charge is 0.492 e. The molecule has 0 saturated heterocycles. The maximum Gasteiger partial charge on any atom is 0.246 e. The van der Waals surface area contributed by atoms with E-state index in [2.05, 4.69) is 0 Å². The minimum Gasteiger partial charge on any atom is -0.492 e. The number of fused-ring (bicyclic) bond motifs is 1. The highest BCUT2D eigenvalue weighted by molar-refractivity contribution is 7.89. The van der Waals surface area contributed by atoms with Crippen LogP contribution in [0.25, 0.3) is 0 Å². The van der Waals surface area contributed by atoms with Crippen LogP contribution in [0.15, 0.2) is 47.4 Å². The first-order valence-corrected chi connectivity index (χ1v) is 9.86. The SMILES string of the molecule is Cc1ccc2c(c1)CN(S(=O)(=O)c1ccccc1F)[C@H](CN(C)C)CO2. The van der Waals surface area contributed by atoms with Crippen LogP contribution < -0.4 is 4.74 Å². The summed E-state index contributed by atoms with van der Waals surface area (Å²) in [6.45, 7) is 2.77. The van der Waals surface area contributed by atoms with Crippen LogP contribution in [0.2, 0.25) is 0 Å². The molecular formula is C19H23FN2O3S. The van der Waals surface area contributed by atoms with Crippen LogP contribution in [0, 0.1) is 12.7 Å². The summed E-state index contributed by atoms with van der Waals surface area (Å²) < 4.78 is 48.0. The van der Waals surface area contributed by atoms with Crippen LogP contribution in [0.1, 0.15) is 11.1 Å². The summed E-state index contributed by atoms with van der Waals surface area (Å²) in [5.74, 6) is -0.0728. The van der Waals surface area contributed by atoms with Crippen LogP contribution in [0.5, 0.6) is 5.75 Å². The van der Waals surface area contributed by atoms with E-state index in [1.807, 2.05) is 44.1 Å². The number of hydrogen-bond acceptors (Lipinski definition) is 4. The number of rotatable bonds is 4. The Balaban J connectivity index is 2.08. The van der Waals surface area contributed by atoms with Crippen molar-refractivity contribution in [1.82, 2.24) is 9.21 Å². The van der Waals surface area contributed by atoms with Gasteiger partial charge in [0.25, 0.3) is 0 Å². The molecule has 1 aliphatic heterocycles. The first-order valence-electron chi connectivity index (χ1n) is 8.42. The number of halogens is 1. The van der Waals surface area contributed by atoms with Crippen molar-refractivity contribution in [2.75, 3.05) is 27.2 Å². The van der Waals surface area contributed by atoms with Gasteiger partial charge in [-0.15, -0.1) is 0 Å². The molecule has 3 rings (SSSR count). The topological polar surface area (TPSA) is 49.9 Å². The van der Waals surface area contributed by atoms with Crippen molar-refractivity contribution in [3.63, 3.8) is 0 Å². The third-order valence-corrected chi connectivity index (χ3v) is 6.31. The Hall–Kier alpha value is -1.96. The minimum absolute atomic E-state index is 0.145. The van der Waals surface area contributed by atoms with Gasteiger partial charge in [0.15, 0.2) is 0 Å². The molecule has 5 nitrogen and oxygen atoms in total. The third kappa shape index (κ3) is 3.75. The van der Waals surface area contributed by atoms with E-state index in [0.29, 0.717) is 12.3 Å². The molecule has 2 aromatic rings. The fourth-order valence-electron chi connectivity index (χ4n) is 3.17. The molecule has 0 radical (unpaired) electrons. The predicted octanol–water partition coefficient (Wildman–Crippen LogP) is 2.65. The van der Waals surface area contributed by atoms with Crippen molar-refractivity contribution < 1.29 is 17.5 Å². The van der Waals surface area contributed by atoms with Gasteiger partial charge >= 0.3 is 0 Å². The molecule has 0 amide bonds. The Kier molecular flexibility index (Phi) is 5.32. The highest BCUT2D eigenvalue weighted by Crippen LogP contribution is 2.31. The molecule has 0 bridgehead atoms. The van der Waals surface area contributed by atoms with Crippen molar-refractivity contribution in [3.8, 4) is 5.75 Å². The van der Waals surface area contributed by atoms with Crippen LogP contribution in [0.3, 0.4) is 0 Å². The number of likely N-dealkylation sites (N-methyl/N-ethyl adjacent to an activating group) is 1. The van der Waals surface area contributed by atoms with Gasteiger partial charge in [0.1, 0.15) is 23.1 Å². The maximum atomic E-state index is 14.2. The average Bonchev–Trinajstić information content (AvgIpc) is 2.74. The smallest absolute Gasteiger partial charge is 0.246 e. The summed E-state index contributed by atoms with van der Waals surface area (Å²) in [7, 11) is -0.273. The van der Waals surface area contributed by atoms with Crippen LogP contribution in [-0.2, 0) is 16.6 Å². The second kappa shape index (κ2) is 7.34. The Morgan fingerprint density at radius 2 is 1.96 bits per heavy atom. The number of sulfonamides is 1. The van der Waals surface area contributed by atoms with Gasteiger partial charge in [-0.1, -0.05) is 29.8 Å². The molecule has 0 spiro atoms. The van der Waals surface area contributed by atoms with Crippen LogP contribution in [-0.4, -0.2) is 50.9 Å². The number of aryl methyl sites for hydroxylation is 1. The second-order valence-electron chi connectivity index (χ2n) is 6.82. The zero-order chi connectivity index (χ0) is 18.9. The quantitative estimate of drug-likeness (QED) is 0.821. The number of nitrogens with zero attached hydrogens (tertiary/aromatic N) is 2. The van der Waals surface area contributed by atoms with Gasteiger partial charge in [0.2, 0.25) is 10.0 Å². The van der Waals surface area contributed by atoms with Crippen molar-refractivity contribution >= 4 is 10.0 Å². The van der Waals surface area contributed by atoms with Gasteiger partial charge in [0, 0.05) is 18.7 Å².